The minimum absolute atomic E-state index is 1.10. The first kappa shape index (κ1) is 65.0. The smallest absolute Gasteiger partial charge is 0.0414 e. The molecule has 0 saturated heterocycles. The molecule has 1 fully saturated rings. The fourth-order valence-electron chi connectivity index (χ4n) is 12.1. The Balaban J connectivity index is 1.58. The van der Waals surface area contributed by atoms with Gasteiger partial charge in [-0.05, 0) is 5.92 Å². The van der Waals surface area contributed by atoms with E-state index in [1.165, 1.54) is 398 Å². The SMILES string of the molecule is CCCCCCCCCCCCCCCCCCCCCCCCCCCCCCCCCCCCCCCCCCCCCCCCCCCCCCCCCCCCCC1CCCCC1. The molecule has 1 saturated carbocycles. The highest BCUT2D eigenvalue weighted by Crippen LogP contribution is 2.28. The van der Waals surface area contributed by atoms with Crippen LogP contribution in [0.25, 0.3) is 0 Å². The van der Waals surface area contributed by atoms with E-state index in [-0.39, 0.29) is 0 Å². The normalized spacial score (nSPS) is 13.4. The van der Waals surface area contributed by atoms with Crippen LogP contribution in [0.3, 0.4) is 0 Å². The van der Waals surface area contributed by atoms with Crippen LogP contribution < -0.4 is 0 Å². The molecule has 0 aromatic heterocycles. The van der Waals surface area contributed by atoms with E-state index >= 15 is 0 Å². The van der Waals surface area contributed by atoms with Crippen molar-refractivity contribution in [2.75, 3.05) is 0 Å². The van der Waals surface area contributed by atoms with Gasteiger partial charge in [0.2, 0.25) is 0 Å². The van der Waals surface area contributed by atoms with Gasteiger partial charge in [0.1, 0.15) is 0 Å². The van der Waals surface area contributed by atoms with Crippen LogP contribution in [0, 0.1) is 5.92 Å². The summed E-state index contributed by atoms with van der Waals surface area (Å²) in [5.74, 6) is 1.10. The highest BCUT2D eigenvalue weighted by Gasteiger charge is 2.12. The van der Waals surface area contributed by atoms with Gasteiger partial charge in [-0.2, -0.15) is 0 Å². The highest BCUT2D eigenvalue weighted by atomic mass is 14.2. The molecule has 402 valence electrons. The molecule has 0 aromatic carbocycles. The summed E-state index contributed by atoms with van der Waals surface area (Å²) in [6.45, 7) is 2.32. The number of rotatable bonds is 60. The van der Waals surface area contributed by atoms with Crippen molar-refractivity contribution in [2.24, 2.45) is 5.92 Å². The second kappa shape index (κ2) is 60.3. The summed E-state index contributed by atoms with van der Waals surface area (Å²) >= 11 is 0. The average Bonchev–Trinajstić information content (AvgIpc) is 3.35. The molecule has 0 amide bonds. The third-order valence-corrected chi connectivity index (χ3v) is 16.9. The van der Waals surface area contributed by atoms with Crippen molar-refractivity contribution in [1.82, 2.24) is 0 Å². The third-order valence-electron chi connectivity index (χ3n) is 16.9. The van der Waals surface area contributed by atoms with Crippen molar-refractivity contribution >= 4 is 0 Å². The monoisotopic (exact) mass is 939 g/mol. The molecule has 0 N–H and O–H groups in total. The van der Waals surface area contributed by atoms with Gasteiger partial charge in [-0.1, -0.05) is 424 Å². The molecule has 67 heavy (non-hydrogen) atoms. The molecule has 0 spiro atoms. The molecule has 0 heterocycles. The number of hydrogen-bond acceptors (Lipinski definition) is 0. The summed E-state index contributed by atoms with van der Waals surface area (Å²) in [7, 11) is 0. The molecule has 1 aliphatic carbocycles. The standard InChI is InChI=1S/C67H134/c1-2-3-4-5-6-7-8-9-10-11-12-13-14-15-16-17-18-19-20-21-22-23-24-25-26-27-28-29-30-31-32-33-34-35-36-37-38-39-40-41-42-43-44-45-46-47-48-49-50-51-52-53-54-55-56-57-58-59-61-64-67-65-62-60-63-66-67/h67H,2-66H2,1H3. The van der Waals surface area contributed by atoms with Crippen LogP contribution >= 0.6 is 0 Å². The summed E-state index contributed by atoms with van der Waals surface area (Å²) < 4.78 is 0. The Labute approximate surface area is 428 Å². The Bertz CT molecular complexity index is 822. The molecule has 0 nitrogen and oxygen atoms in total. The van der Waals surface area contributed by atoms with Crippen LogP contribution in [-0.2, 0) is 0 Å². The quantitative estimate of drug-likeness (QED) is 0.0533. The fourth-order valence-corrected chi connectivity index (χ4v) is 12.1. The molecule has 1 rings (SSSR count). The van der Waals surface area contributed by atoms with E-state index in [4.69, 9.17) is 0 Å². The van der Waals surface area contributed by atoms with Crippen molar-refractivity contribution in [3.05, 3.63) is 0 Å². The Morgan fingerprint density at radius 3 is 0.448 bits per heavy atom. The van der Waals surface area contributed by atoms with Crippen molar-refractivity contribution < 1.29 is 0 Å². The van der Waals surface area contributed by atoms with Crippen LogP contribution in [0.15, 0.2) is 0 Å². The van der Waals surface area contributed by atoms with E-state index in [0.717, 1.165) is 5.92 Å². The van der Waals surface area contributed by atoms with Gasteiger partial charge in [0.25, 0.3) is 0 Å². The first-order valence-electron chi connectivity index (χ1n) is 33.4. The topological polar surface area (TPSA) is 0 Å². The zero-order valence-electron chi connectivity index (χ0n) is 47.5. The van der Waals surface area contributed by atoms with Gasteiger partial charge in [-0.15, -0.1) is 0 Å². The Hall–Kier alpha value is 0. The van der Waals surface area contributed by atoms with E-state index < -0.39 is 0 Å². The molecule has 1 aliphatic rings. The third kappa shape index (κ3) is 56.8. The van der Waals surface area contributed by atoms with Crippen molar-refractivity contribution in [3.8, 4) is 0 Å². The van der Waals surface area contributed by atoms with Gasteiger partial charge in [0.15, 0.2) is 0 Å². The summed E-state index contributed by atoms with van der Waals surface area (Å²) in [5.41, 5.74) is 0. The zero-order chi connectivity index (χ0) is 47.5. The van der Waals surface area contributed by atoms with Crippen LogP contribution in [0.1, 0.15) is 424 Å². The summed E-state index contributed by atoms with van der Waals surface area (Å²) in [5, 5.41) is 0. The molecule has 0 bridgehead atoms. The van der Waals surface area contributed by atoms with Crippen LogP contribution in [-0.4, -0.2) is 0 Å². The van der Waals surface area contributed by atoms with E-state index in [9.17, 15) is 0 Å². The van der Waals surface area contributed by atoms with Crippen LogP contribution in [0.5, 0.6) is 0 Å². The predicted octanol–water partition coefficient (Wildman–Crippen LogP) is 26.0. The molecule has 0 aromatic rings. The lowest BCUT2D eigenvalue weighted by atomic mass is 9.85. The van der Waals surface area contributed by atoms with E-state index in [1.54, 1.807) is 19.3 Å². The second-order valence-corrected chi connectivity index (χ2v) is 23.8. The minimum atomic E-state index is 1.10. The van der Waals surface area contributed by atoms with Gasteiger partial charge in [0.05, 0.1) is 0 Å². The molecule has 0 aliphatic heterocycles. The van der Waals surface area contributed by atoms with Gasteiger partial charge < -0.3 is 0 Å². The lowest BCUT2D eigenvalue weighted by Gasteiger charge is -2.21. The fraction of sp³-hybridized carbons (Fsp3) is 1.00. The van der Waals surface area contributed by atoms with Crippen LogP contribution in [0.4, 0.5) is 0 Å². The second-order valence-electron chi connectivity index (χ2n) is 23.8. The lowest BCUT2D eigenvalue weighted by molar-refractivity contribution is 0.328. The summed E-state index contributed by atoms with van der Waals surface area (Å²) in [4.78, 5) is 0. The molecular formula is C67H134. The summed E-state index contributed by atoms with van der Waals surface area (Å²) in [6.07, 6.45) is 97.4. The van der Waals surface area contributed by atoms with Gasteiger partial charge >= 0.3 is 0 Å². The van der Waals surface area contributed by atoms with Crippen molar-refractivity contribution in [2.45, 2.75) is 424 Å². The molecule has 0 radical (unpaired) electrons. The maximum absolute atomic E-state index is 2.32. The Morgan fingerprint density at radius 2 is 0.299 bits per heavy atom. The van der Waals surface area contributed by atoms with Crippen molar-refractivity contribution in [3.63, 3.8) is 0 Å². The number of hydrogen-bond donors (Lipinski definition) is 0. The minimum Gasteiger partial charge on any atom is -0.0654 e. The Kier molecular flexibility index (Phi) is 58.5. The van der Waals surface area contributed by atoms with Crippen molar-refractivity contribution in [1.29, 1.82) is 0 Å². The lowest BCUT2D eigenvalue weighted by Crippen LogP contribution is -2.05. The highest BCUT2D eigenvalue weighted by molar-refractivity contribution is 4.66. The molecular weight excluding hydrogens is 805 g/mol. The molecule has 0 atom stereocenters. The number of unbranched alkanes of at least 4 members (excludes halogenated alkanes) is 58. The predicted molar refractivity (Wildman–Crippen MR) is 309 cm³/mol. The Morgan fingerprint density at radius 1 is 0.164 bits per heavy atom. The maximum atomic E-state index is 2.32. The average molecular weight is 940 g/mol. The van der Waals surface area contributed by atoms with E-state index in [2.05, 4.69) is 6.92 Å². The summed E-state index contributed by atoms with van der Waals surface area (Å²) in [6, 6.07) is 0. The first-order valence-corrected chi connectivity index (χ1v) is 33.4. The molecule has 0 unspecified atom stereocenters. The first-order chi connectivity index (χ1) is 33.4. The largest absolute Gasteiger partial charge is 0.0654 e. The van der Waals surface area contributed by atoms with E-state index in [1.807, 2.05) is 0 Å². The van der Waals surface area contributed by atoms with Crippen LogP contribution in [0.2, 0.25) is 0 Å². The maximum Gasteiger partial charge on any atom is -0.0414 e. The van der Waals surface area contributed by atoms with Gasteiger partial charge in [-0.3, -0.25) is 0 Å². The van der Waals surface area contributed by atoms with E-state index in [0.29, 0.717) is 0 Å². The van der Waals surface area contributed by atoms with Gasteiger partial charge in [0, 0.05) is 0 Å². The molecule has 0 heteroatoms. The zero-order valence-corrected chi connectivity index (χ0v) is 47.5. The van der Waals surface area contributed by atoms with Gasteiger partial charge in [-0.25, -0.2) is 0 Å².